The minimum atomic E-state index is -0.733. The number of carboxylic acids is 1. The van der Waals surface area contributed by atoms with Crippen LogP contribution in [-0.4, -0.2) is 30.7 Å². The van der Waals surface area contributed by atoms with E-state index in [0.717, 1.165) is 34.1 Å². The molecule has 2 unspecified atom stereocenters. The number of benzene rings is 1. The van der Waals surface area contributed by atoms with Gasteiger partial charge in [0, 0.05) is 40.4 Å². The molecule has 1 saturated carbocycles. The number of nitrogen functional groups attached to an aromatic ring is 1. The van der Waals surface area contributed by atoms with Crippen molar-refractivity contribution in [3.8, 4) is 11.1 Å². The van der Waals surface area contributed by atoms with Crippen molar-refractivity contribution in [2.75, 3.05) is 5.73 Å². The number of anilines is 1. The minimum absolute atomic E-state index is 0.103. The lowest BCUT2D eigenvalue weighted by atomic mass is 10.0. The van der Waals surface area contributed by atoms with Gasteiger partial charge in [0.1, 0.15) is 5.82 Å². The number of carbonyl (C=O) groups is 1. The van der Waals surface area contributed by atoms with E-state index in [1.165, 1.54) is 0 Å². The molecule has 3 heterocycles. The summed E-state index contributed by atoms with van der Waals surface area (Å²) in [6.07, 6.45) is 5.65. The summed E-state index contributed by atoms with van der Waals surface area (Å²) >= 11 is 0. The summed E-state index contributed by atoms with van der Waals surface area (Å²) in [5.41, 5.74) is 10.5. The molecule has 1 aliphatic carbocycles. The maximum absolute atomic E-state index is 11.3. The first-order valence-electron chi connectivity index (χ1n) is 9.32. The van der Waals surface area contributed by atoms with Crippen LogP contribution in [0.25, 0.3) is 27.7 Å². The molecular formula is C21H19N5O2. The fourth-order valence-electron chi connectivity index (χ4n) is 4.11. The SMILES string of the molecule is Nc1cc(C2CCC(C(=O)O)C2)nc2c(-c3cnc4ccccc4c3)cnn12. The smallest absolute Gasteiger partial charge is 0.306 e. The molecule has 5 rings (SSSR count). The van der Waals surface area contributed by atoms with E-state index >= 15 is 0 Å². The van der Waals surface area contributed by atoms with E-state index in [1.807, 2.05) is 36.5 Å². The number of fused-ring (bicyclic) bond motifs is 2. The number of aliphatic carboxylic acids is 1. The molecule has 3 aromatic heterocycles. The van der Waals surface area contributed by atoms with Gasteiger partial charge in [-0.1, -0.05) is 18.2 Å². The molecule has 0 aliphatic heterocycles. The lowest BCUT2D eigenvalue weighted by Gasteiger charge is -2.11. The summed E-state index contributed by atoms with van der Waals surface area (Å²) in [6, 6.07) is 11.8. The van der Waals surface area contributed by atoms with E-state index in [-0.39, 0.29) is 11.8 Å². The Hall–Kier alpha value is -3.48. The van der Waals surface area contributed by atoms with Gasteiger partial charge in [0.05, 0.1) is 17.6 Å². The molecule has 3 N–H and O–H groups in total. The van der Waals surface area contributed by atoms with Crippen LogP contribution in [0.1, 0.15) is 30.9 Å². The van der Waals surface area contributed by atoms with Crippen molar-refractivity contribution in [2.45, 2.75) is 25.2 Å². The van der Waals surface area contributed by atoms with Crippen molar-refractivity contribution in [3.63, 3.8) is 0 Å². The maximum atomic E-state index is 11.3. The molecule has 0 bridgehead atoms. The van der Waals surface area contributed by atoms with Crippen LogP contribution in [0.15, 0.2) is 48.8 Å². The summed E-state index contributed by atoms with van der Waals surface area (Å²) in [7, 11) is 0. The van der Waals surface area contributed by atoms with Crippen LogP contribution in [-0.2, 0) is 4.79 Å². The van der Waals surface area contributed by atoms with Gasteiger partial charge >= 0.3 is 5.97 Å². The molecule has 28 heavy (non-hydrogen) atoms. The predicted octanol–water partition coefficient (Wildman–Crippen LogP) is 3.50. The summed E-state index contributed by atoms with van der Waals surface area (Å²) in [6.45, 7) is 0. The second-order valence-electron chi connectivity index (χ2n) is 7.36. The predicted molar refractivity (Wildman–Crippen MR) is 106 cm³/mol. The average Bonchev–Trinajstić information content (AvgIpc) is 3.35. The van der Waals surface area contributed by atoms with Crippen molar-refractivity contribution >= 4 is 28.3 Å². The Morgan fingerprint density at radius 1 is 1.18 bits per heavy atom. The standard InChI is InChI=1S/C21H19N5O2/c22-19-9-18(13-5-6-14(7-13)21(27)28)25-20-16(11-24-26(19)20)15-8-12-3-1-2-4-17(12)23-10-15/h1-4,8-11,13-14H,5-7,22H2,(H,27,28). The van der Waals surface area contributed by atoms with Crippen molar-refractivity contribution in [1.82, 2.24) is 19.6 Å². The molecule has 4 aromatic rings. The number of aromatic nitrogens is 4. The molecule has 1 aromatic carbocycles. The fraction of sp³-hybridized carbons (Fsp3) is 0.238. The highest BCUT2D eigenvalue weighted by atomic mass is 16.4. The summed E-state index contributed by atoms with van der Waals surface area (Å²) in [5.74, 6) is -0.438. The zero-order chi connectivity index (χ0) is 19.3. The fourth-order valence-corrected chi connectivity index (χ4v) is 4.11. The van der Waals surface area contributed by atoms with Crippen molar-refractivity contribution in [2.24, 2.45) is 5.92 Å². The van der Waals surface area contributed by atoms with E-state index in [0.29, 0.717) is 24.3 Å². The van der Waals surface area contributed by atoms with Crippen LogP contribution >= 0.6 is 0 Å². The molecule has 1 aliphatic rings. The van der Waals surface area contributed by atoms with Gasteiger partial charge in [0.2, 0.25) is 0 Å². The zero-order valence-electron chi connectivity index (χ0n) is 15.1. The van der Waals surface area contributed by atoms with Gasteiger partial charge in [-0.05, 0) is 31.4 Å². The third-order valence-electron chi connectivity index (χ3n) is 5.62. The monoisotopic (exact) mass is 373 g/mol. The zero-order valence-corrected chi connectivity index (χ0v) is 15.1. The van der Waals surface area contributed by atoms with Crippen molar-refractivity contribution < 1.29 is 9.90 Å². The largest absolute Gasteiger partial charge is 0.481 e. The van der Waals surface area contributed by atoms with E-state index in [2.05, 4.69) is 16.1 Å². The van der Waals surface area contributed by atoms with Crippen LogP contribution in [0, 0.1) is 5.92 Å². The van der Waals surface area contributed by atoms with Crippen LogP contribution in [0.4, 0.5) is 5.82 Å². The first kappa shape index (κ1) is 16.7. The van der Waals surface area contributed by atoms with Gasteiger partial charge in [0.25, 0.3) is 0 Å². The number of nitrogens with zero attached hydrogens (tertiary/aromatic N) is 4. The maximum Gasteiger partial charge on any atom is 0.306 e. The third-order valence-corrected chi connectivity index (χ3v) is 5.62. The van der Waals surface area contributed by atoms with Gasteiger partial charge < -0.3 is 10.8 Å². The average molecular weight is 373 g/mol. The van der Waals surface area contributed by atoms with E-state index in [9.17, 15) is 9.90 Å². The normalized spacial score (nSPS) is 19.4. The first-order valence-corrected chi connectivity index (χ1v) is 9.32. The molecule has 0 spiro atoms. The second-order valence-corrected chi connectivity index (χ2v) is 7.36. The number of hydrogen-bond acceptors (Lipinski definition) is 5. The highest BCUT2D eigenvalue weighted by Gasteiger charge is 2.32. The molecule has 140 valence electrons. The van der Waals surface area contributed by atoms with Gasteiger partial charge in [-0.2, -0.15) is 9.61 Å². The Balaban J connectivity index is 1.60. The van der Waals surface area contributed by atoms with E-state index < -0.39 is 5.97 Å². The molecule has 0 radical (unpaired) electrons. The Labute approximate surface area is 160 Å². The van der Waals surface area contributed by atoms with Crippen LogP contribution < -0.4 is 5.73 Å². The van der Waals surface area contributed by atoms with E-state index in [1.54, 1.807) is 10.7 Å². The number of carboxylic acid groups (broad SMARTS) is 1. The second kappa shape index (κ2) is 6.30. The topological polar surface area (TPSA) is 106 Å². The first-order chi connectivity index (χ1) is 13.6. The van der Waals surface area contributed by atoms with Crippen molar-refractivity contribution in [1.29, 1.82) is 0 Å². The Bertz CT molecular complexity index is 1220. The van der Waals surface area contributed by atoms with Gasteiger partial charge in [0.15, 0.2) is 5.65 Å². The molecule has 7 nitrogen and oxygen atoms in total. The minimum Gasteiger partial charge on any atom is -0.481 e. The number of pyridine rings is 1. The number of hydrogen-bond donors (Lipinski definition) is 2. The van der Waals surface area contributed by atoms with Crippen LogP contribution in [0.3, 0.4) is 0 Å². The van der Waals surface area contributed by atoms with Crippen LogP contribution in [0.2, 0.25) is 0 Å². The Morgan fingerprint density at radius 3 is 2.86 bits per heavy atom. The summed E-state index contributed by atoms with van der Waals surface area (Å²) in [4.78, 5) is 20.7. The Morgan fingerprint density at radius 2 is 2.04 bits per heavy atom. The van der Waals surface area contributed by atoms with Crippen LogP contribution in [0.5, 0.6) is 0 Å². The molecule has 2 atom stereocenters. The number of para-hydroxylation sites is 1. The third kappa shape index (κ3) is 2.67. The van der Waals surface area contributed by atoms with Crippen molar-refractivity contribution in [3.05, 3.63) is 54.5 Å². The highest BCUT2D eigenvalue weighted by Crippen LogP contribution is 2.39. The lowest BCUT2D eigenvalue weighted by Crippen LogP contribution is -2.10. The summed E-state index contributed by atoms with van der Waals surface area (Å²) < 4.78 is 1.62. The molecule has 0 amide bonds. The van der Waals surface area contributed by atoms with Gasteiger partial charge in [-0.15, -0.1) is 0 Å². The summed E-state index contributed by atoms with van der Waals surface area (Å²) in [5, 5.41) is 14.7. The Kier molecular flexibility index (Phi) is 3.75. The lowest BCUT2D eigenvalue weighted by molar-refractivity contribution is -0.141. The van der Waals surface area contributed by atoms with Gasteiger partial charge in [-0.3, -0.25) is 9.78 Å². The molecule has 7 heteroatoms. The quantitative estimate of drug-likeness (QED) is 0.569. The molecule has 1 fully saturated rings. The molecular weight excluding hydrogens is 354 g/mol. The van der Waals surface area contributed by atoms with Gasteiger partial charge in [-0.25, -0.2) is 4.98 Å². The number of nitrogens with two attached hydrogens (primary N) is 1. The van der Waals surface area contributed by atoms with E-state index in [4.69, 9.17) is 10.7 Å². The highest BCUT2D eigenvalue weighted by molar-refractivity contribution is 5.86. The molecule has 0 saturated heterocycles. The number of rotatable bonds is 3.